The molecule has 15 heavy (non-hydrogen) atoms. The Morgan fingerprint density at radius 2 is 1.80 bits per heavy atom. The first-order chi connectivity index (χ1) is 7.09. The van der Waals surface area contributed by atoms with Gasteiger partial charge >= 0.3 is 0 Å². The minimum Gasteiger partial charge on any atom is -0.276 e. The van der Waals surface area contributed by atoms with Crippen LogP contribution in [-0.4, -0.2) is 10.2 Å². The lowest BCUT2D eigenvalue weighted by Gasteiger charge is -2.03. The average molecular weight is 266 g/mol. The average Bonchev–Trinajstić information content (AvgIpc) is 2.58. The van der Waals surface area contributed by atoms with Crippen LogP contribution < -0.4 is 0 Å². The molecule has 0 aliphatic heterocycles. The molecule has 0 radical (unpaired) electrons. The van der Waals surface area contributed by atoms with E-state index in [1.807, 2.05) is 0 Å². The maximum absolute atomic E-state index is 13.2. The zero-order chi connectivity index (χ0) is 11.0. The second-order valence-corrected chi connectivity index (χ2v) is 4.06. The normalized spacial score (nSPS) is 10.7. The standard InChI is InChI=1S/C9H4Cl3FN2/c10-5-2-6(11)8(13)1-4(5)9-7(12)3-14-15-9/h1-3H,(H,14,15). The van der Waals surface area contributed by atoms with Crippen LogP contribution in [0.5, 0.6) is 0 Å². The molecule has 0 spiro atoms. The molecule has 0 aliphatic carbocycles. The number of rotatable bonds is 1. The Hall–Kier alpha value is -0.770. The molecule has 1 aromatic heterocycles. The SMILES string of the molecule is Fc1cc(-c2[nH]ncc2Cl)c(Cl)cc1Cl. The third kappa shape index (κ3) is 1.95. The molecule has 1 heterocycles. The van der Waals surface area contributed by atoms with Crippen LogP contribution in [-0.2, 0) is 0 Å². The molecular formula is C9H4Cl3FN2. The molecule has 0 bridgehead atoms. The quantitative estimate of drug-likeness (QED) is 0.770. The third-order valence-corrected chi connectivity index (χ3v) is 2.76. The van der Waals surface area contributed by atoms with Crippen LogP contribution in [0.25, 0.3) is 11.3 Å². The summed E-state index contributed by atoms with van der Waals surface area (Å²) in [5.41, 5.74) is 0.901. The van der Waals surface area contributed by atoms with Crippen LogP contribution in [0.3, 0.4) is 0 Å². The predicted octanol–water partition coefficient (Wildman–Crippen LogP) is 4.18. The van der Waals surface area contributed by atoms with Gasteiger partial charge in [0.25, 0.3) is 0 Å². The van der Waals surface area contributed by atoms with Gasteiger partial charge in [-0.15, -0.1) is 0 Å². The number of benzene rings is 1. The van der Waals surface area contributed by atoms with Crippen molar-refractivity contribution in [2.75, 3.05) is 0 Å². The van der Waals surface area contributed by atoms with Crippen molar-refractivity contribution in [3.8, 4) is 11.3 Å². The summed E-state index contributed by atoms with van der Waals surface area (Å²) >= 11 is 17.3. The van der Waals surface area contributed by atoms with E-state index in [-0.39, 0.29) is 5.02 Å². The maximum Gasteiger partial charge on any atom is 0.142 e. The molecule has 0 atom stereocenters. The van der Waals surface area contributed by atoms with Gasteiger partial charge in [0, 0.05) is 5.56 Å². The highest BCUT2D eigenvalue weighted by atomic mass is 35.5. The van der Waals surface area contributed by atoms with Crippen LogP contribution in [0.4, 0.5) is 4.39 Å². The van der Waals surface area contributed by atoms with E-state index < -0.39 is 5.82 Å². The van der Waals surface area contributed by atoms with Gasteiger partial charge in [0.05, 0.1) is 27.0 Å². The molecule has 78 valence electrons. The Balaban J connectivity index is 2.64. The first kappa shape index (κ1) is 10.7. The summed E-state index contributed by atoms with van der Waals surface area (Å²) in [6, 6.07) is 2.54. The van der Waals surface area contributed by atoms with Crippen molar-refractivity contribution in [3.05, 3.63) is 39.2 Å². The summed E-state index contributed by atoms with van der Waals surface area (Å²) in [5, 5.41) is 7.01. The second-order valence-electron chi connectivity index (χ2n) is 2.84. The van der Waals surface area contributed by atoms with Crippen molar-refractivity contribution < 1.29 is 4.39 Å². The highest BCUT2D eigenvalue weighted by Crippen LogP contribution is 2.34. The molecule has 1 aromatic carbocycles. The molecule has 2 nitrogen and oxygen atoms in total. The van der Waals surface area contributed by atoms with Gasteiger partial charge in [-0.3, -0.25) is 5.10 Å². The number of aromatic amines is 1. The largest absolute Gasteiger partial charge is 0.276 e. The lowest BCUT2D eigenvalue weighted by atomic mass is 10.1. The van der Waals surface area contributed by atoms with E-state index in [4.69, 9.17) is 34.8 Å². The molecule has 0 fully saturated rings. The predicted molar refractivity (Wildman–Crippen MR) is 59.0 cm³/mol. The number of hydrogen-bond acceptors (Lipinski definition) is 1. The van der Waals surface area contributed by atoms with Gasteiger partial charge < -0.3 is 0 Å². The molecule has 2 rings (SSSR count). The molecular weight excluding hydrogens is 261 g/mol. The monoisotopic (exact) mass is 264 g/mol. The van der Waals surface area contributed by atoms with Crippen LogP contribution in [0.15, 0.2) is 18.3 Å². The third-order valence-electron chi connectivity index (χ3n) is 1.87. The Bertz CT molecular complexity index is 510. The number of H-pyrrole nitrogens is 1. The summed E-state index contributed by atoms with van der Waals surface area (Å²) < 4.78 is 13.2. The number of hydrogen-bond donors (Lipinski definition) is 1. The van der Waals surface area contributed by atoms with Crippen molar-refractivity contribution in [1.29, 1.82) is 0 Å². The molecule has 0 unspecified atom stereocenters. The van der Waals surface area contributed by atoms with Crippen LogP contribution >= 0.6 is 34.8 Å². The van der Waals surface area contributed by atoms with Crippen LogP contribution in [0.1, 0.15) is 0 Å². The van der Waals surface area contributed by atoms with Gasteiger partial charge in [-0.1, -0.05) is 34.8 Å². The van der Waals surface area contributed by atoms with E-state index >= 15 is 0 Å². The Morgan fingerprint density at radius 3 is 2.40 bits per heavy atom. The number of nitrogens with one attached hydrogen (secondary N) is 1. The van der Waals surface area contributed by atoms with Crippen molar-refractivity contribution in [2.45, 2.75) is 0 Å². The van der Waals surface area contributed by atoms with Gasteiger partial charge in [-0.25, -0.2) is 4.39 Å². The molecule has 0 saturated carbocycles. The molecule has 0 aliphatic rings. The highest BCUT2D eigenvalue weighted by molar-refractivity contribution is 6.38. The molecule has 1 N–H and O–H groups in total. The van der Waals surface area contributed by atoms with Crippen molar-refractivity contribution in [3.63, 3.8) is 0 Å². The summed E-state index contributed by atoms with van der Waals surface area (Å²) in [7, 11) is 0. The van der Waals surface area contributed by atoms with E-state index in [0.29, 0.717) is 21.3 Å². The molecule has 6 heteroatoms. The second kappa shape index (κ2) is 4.00. The zero-order valence-electron chi connectivity index (χ0n) is 7.19. The van der Waals surface area contributed by atoms with E-state index in [1.54, 1.807) is 0 Å². The van der Waals surface area contributed by atoms with Gasteiger partial charge in [-0.2, -0.15) is 5.10 Å². The summed E-state index contributed by atoms with van der Waals surface area (Å²) in [6.07, 6.45) is 1.42. The lowest BCUT2D eigenvalue weighted by Crippen LogP contribution is -1.85. The van der Waals surface area contributed by atoms with Gasteiger partial charge in [0.15, 0.2) is 0 Å². The van der Waals surface area contributed by atoms with E-state index in [9.17, 15) is 4.39 Å². The van der Waals surface area contributed by atoms with Crippen LogP contribution in [0.2, 0.25) is 15.1 Å². The van der Waals surface area contributed by atoms with Crippen molar-refractivity contribution >= 4 is 34.8 Å². The fraction of sp³-hybridized carbons (Fsp3) is 0. The molecule has 0 amide bonds. The fourth-order valence-corrected chi connectivity index (χ4v) is 1.84. The number of aromatic nitrogens is 2. The maximum atomic E-state index is 13.2. The first-order valence-electron chi connectivity index (χ1n) is 3.93. The Kier molecular flexibility index (Phi) is 2.87. The summed E-state index contributed by atoms with van der Waals surface area (Å²) in [6.45, 7) is 0. The lowest BCUT2D eigenvalue weighted by molar-refractivity contribution is 0.628. The van der Waals surface area contributed by atoms with E-state index in [2.05, 4.69) is 10.2 Å². The van der Waals surface area contributed by atoms with Gasteiger partial charge in [0.2, 0.25) is 0 Å². The minimum absolute atomic E-state index is 0.0283. The minimum atomic E-state index is -0.554. The fourth-order valence-electron chi connectivity index (χ4n) is 1.17. The van der Waals surface area contributed by atoms with Gasteiger partial charge in [-0.05, 0) is 12.1 Å². The Labute approximate surface area is 100.0 Å². The highest BCUT2D eigenvalue weighted by Gasteiger charge is 2.13. The van der Waals surface area contributed by atoms with Crippen molar-refractivity contribution in [1.82, 2.24) is 10.2 Å². The summed E-state index contributed by atoms with van der Waals surface area (Å²) in [5.74, 6) is -0.554. The van der Waals surface area contributed by atoms with Crippen molar-refractivity contribution in [2.24, 2.45) is 0 Å². The smallest absolute Gasteiger partial charge is 0.142 e. The zero-order valence-corrected chi connectivity index (χ0v) is 9.46. The number of halogens is 4. The molecule has 0 saturated heterocycles. The first-order valence-corrected chi connectivity index (χ1v) is 5.07. The van der Waals surface area contributed by atoms with Crippen LogP contribution in [0, 0.1) is 5.82 Å². The Morgan fingerprint density at radius 1 is 1.07 bits per heavy atom. The number of nitrogens with zero attached hydrogens (tertiary/aromatic N) is 1. The van der Waals surface area contributed by atoms with E-state index in [1.165, 1.54) is 18.3 Å². The van der Waals surface area contributed by atoms with E-state index in [0.717, 1.165) is 0 Å². The topological polar surface area (TPSA) is 28.7 Å². The molecule has 2 aromatic rings. The summed E-state index contributed by atoms with van der Waals surface area (Å²) in [4.78, 5) is 0. The van der Waals surface area contributed by atoms with Gasteiger partial charge in [0.1, 0.15) is 5.82 Å².